The lowest BCUT2D eigenvalue weighted by molar-refractivity contribution is 0.102. The molecule has 106 valence electrons. The number of benzene rings is 2. The Morgan fingerprint density at radius 2 is 1.81 bits per heavy atom. The van der Waals surface area contributed by atoms with Gasteiger partial charge in [-0.3, -0.25) is 4.79 Å². The molecule has 1 N–H and O–H groups in total. The van der Waals surface area contributed by atoms with Crippen LogP contribution in [0.1, 0.15) is 42.3 Å². The summed E-state index contributed by atoms with van der Waals surface area (Å²) in [6.07, 6.45) is 0. The van der Waals surface area contributed by atoms with Gasteiger partial charge in [0.15, 0.2) is 0 Å². The van der Waals surface area contributed by atoms with E-state index in [1.54, 1.807) is 24.3 Å². The largest absolute Gasteiger partial charge is 0.322 e. The zero-order valence-corrected chi connectivity index (χ0v) is 12.5. The molecule has 0 aliphatic heterocycles. The minimum absolute atomic E-state index is 0.0572. The summed E-state index contributed by atoms with van der Waals surface area (Å²) >= 11 is 0. The van der Waals surface area contributed by atoms with Crippen LogP contribution in [-0.2, 0) is 5.41 Å². The van der Waals surface area contributed by atoms with Crippen molar-refractivity contribution in [1.82, 2.24) is 0 Å². The number of nitriles is 1. The molecule has 0 fully saturated rings. The van der Waals surface area contributed by atoms with Crippen LogP contribution in [0.5, 0.6) is 0 Å². The SMILES string of the molecule is CC(C)(C)c1ccccc1NC(=O)c1cccc(C#N)c1. The molecular weight excluding hydrogens is 260 g/mol. The van der Waals surface area contributed by atoms with Crippen molar-refractivity contribution in [2.24, 2.45) is 0 Å². The van der Waals surface area contributed by atoms with Crippen LogP contribution in [-0.4, -0.2) is 5.91 Å². The van der Waals surface area contributed by atoms with Crippen molar-refractivity contribution in [3.8, 4) is 6.07 Å². The van der Waals surface area contributed by atoms with E-state index < -0.39 is 0 Å². The Balaban J connectivity index is 2.30. The second kappa shape index (κ2) is 5.80. The third-order valence-corrected chi connectivity index (χ3v) is 3.24. The van der Waals surface area contributed by atoms with Crippen LogP contribution in [0.15, 0.2) is 48.5 Å². The van der Waals surface area contributed by atoms with Gasteiger partial charge in [-0.1, -0.05) is 45.0 Å². The summed E-state index contributed by atoms with van der Waals surface area (Å²) in [5.41, 5.74) is 2.79. The van der Waals surface area contributed by atoms with Crippen molar-refractivity contribution >= 4 is 11.6 Å². The maximum atomic E-state index is 12.3. The van der Waals surface area contributed by atoms with E-state index in [1.165, 1.54) is 0 Å². The standard InChI is InChI=1S/C18H18N2O/c1-18(2,3)15-9-4-5-10-16(15)20-17(21)14-8-6-7-13(11-14)12-19/h4-11H,1-3H3,(H,20,21). The molecule has 2 aromatic carbocycles. The molecule has 0 saturated carbocycles. The number of carbonyl (C=O) groups excluding carboxylic acids is 1. The molecule has 0 spiro atoms. The van der Waals surface area contributed by atoms with Crippen molar-refractivity contribution in [2.75, 3.05) is 5.32 Å². The molecule has 0 heterocycles. The van der Waals surface area contributed by atoms with Gasteiger partial charge < -0.3 is 5.32 Å². The minimum atomic E-state index is -0.205. The van der Waals surface area contributed by atoms with E-state index >= 15 is 0 Å². The zero-order valence-electron chi connectivity index (χ0n) is 12.5. The molecule has 0 bridgehead atoms. The van der Waals surface area contributed by atoms with E-state index in [0.717, 1.165) is 11.3 Å². The lowest BCUT2D eigenvalue weighted by Crippen LogP contribution is -2.18. The fraction of sp³-hybridized carbons (Fsp3) is 0.222. The summed E-state index contributed by atoms with van der Waals surface area (Å²) in [5, 5.41) is 11.8. The molecule has 2 aromatic rings. The Labute approximate surface area is 125 Å². The Morgan fingerprint density at radius 1 is 1.10 bits per heavy atom. The molecule has 0 aromatic heterocycles. The summed E-state index contributed by atoms with van der Waals surface area (Å²) in [6, 6.07) is 16.5. The molecule has 21 heavy (non-hydrogen) atoms. The number of anilines is 1. The van der Waals surface area contributed by atoms with Crippen LogP contribution in [0, 0.1) is 11.3 Å². The third-order valence-electron chi connectivity index (χ3n) is 3.24. The van der Waals surface area contributed by atoms with Gasteiger partial charge in [-0.25, -0.2) is 0 Å². The molecule has 0 unspecified atom stereocenters. The molecule has 0 aliphatic carbocycles. The summed E-state index contributed by atoms with van der Waals surface area (Å²) in [6.45, 7) is 6.32. The number of para-hydroxylation sites is 1. The smallest absolute Gasteiger partial charge is 0.255 e. The molecule has 0 radical (unpaired) electrons. The molecule has 0 aliphatic rings. The van der Waals surface area contributed by atoms with E-state index in [9.17, 15) is 4.79 Å². The predicted octanol–water partition coefficient (Wildman–Crippen LogP) is 4.11. The first-order chi connectivity index (χ1) is 9.91. The molecule has 0 atom stereocenters. The van der Waals surface area contributed by atoms with Crippen LogP contribution >= 0.6 is 0 Å². The van der Waals surface area contributed by atoms with E-state index in [-0.39, 0.29) is 11.3 Å². The van der Waals surface area contributed by atoms with Gasteiger partial charge in [0.05, 0.1) is 11.6 Å². The van der Waals surface area contributed by atoms with Crippen LogP contribution < -0.4 is 5.32 Å². The number of carbonyl (C=O) groups is 1. The van der Waals surface area contributed by atoms with Crippen LogP contribution in [0.2, 0.25) is 0 Å². The normalized spacial score (nSPS) is 10.8. The number of hydrogen-bond acceptors (Lipinski definition) is 2. The van der Waals surface area contributed by atoms with Gasteiger partial charge in [0, 0.05) is 11.3 Å². The average Bonchev–Trinajstić information content (AvgIpc) is 2.46. The Morgan fingerprint density at radius 3 is 2.48 bits per heavy atom. The third kappa shape index (κ3) is 3.49. The number of nitrogens with one attached hydrogen (secondary N) is 1. The molecule has 1 amide bonds. The van der Waals surface area contributed by atoms with Crippen molar-refractivity contribution in [2.45, 2.75) is 26.2 Å². The lowest BCUT2D eigenvalue weighted by atomic mass is 9.86. The van der Waals surface area contributed by atoms with Crippen molar-refractivity contribution < 1.29 is 4.79 Å². The van der Waals surface area contributed by atoms with E-state index in [1.807, 2.05) is 30.3 Å². The zero-order chi connectivity index (χ0) is 15.5. The van der Waals surface area contributed by atoms with Crippen molar-refractivity contribution in [3.63, 3.8) is 0 Å². The highest BCUT2D eigenvalue weighted by atomic mass is 16.1. The highest BCUT2D eigenvalue weighted by molar-refractivity contribution is 6.04. The Hall–Kier alpha value is -2.60. The minimum Gasteiger partial charge on any atom is -0.322 e. The Kier molecular flexibility index (Phi) is 4.09. The quantitative estimate of drug-likeness (QED) is 0.898. The summed E-state index contributed by atoms with van der Waals surface area (Å²) in [4.78, 5) is 12.3. The summed E-state index contributed by atoms with van der Waals surface area (Å²) in [7, 11) is 0. The van der Waals surface area contributed by atoms with Crippen LogP contribution in [0.3, 0.4) is 0 Å². The monoisotopic (exact) mass is 278 g/mol. The summed E-state index contributed by atoms with van der Waals surface area (Å²) in [5.74, 6) is -0.205. The molecule has 0 saturated heterocycles. The highest BCUT2D eigenvalue weighted by Crippen LogP contribution is 2.29. The Bertz CT molecular complexity index is 706. The van der Waals surface area contributed by atoms with Gasteiger partial charge in [0.1, 0.15) is 0 Å². The number of amides is 1. The molecular formula is C18H18N2O. The first-order valence-electron chi connectivity index (χ1n) is 6.83. The number of hydrogen-bond donors (Lipinski definition) is 1. The summed E-state index contributed by atoms with van der Waals surface area (Å²) < 4.78 is 0. The second-order valence-electron chi connectivity index (χ2n) is 5.94. The molecule has 2 rings (SSSR count). The van der Waals surface area contributed by atoms with Crippen LogP contribution in [0.4, 0.5) is 5.69 Å². The van der Waals surface area contributed by atoms with E-state index in [2.05, 4.69) is 26.1 Å². The first-order valence-corrected chi connectivity index (χ1v) is 6.83. The molecule has 3 heteroatoms. The van der Waals surface area contributed by atoms with Gasteiger partial charge in [0.25, 0.3) is 5.91 Å². The fourth-order valence-electron chi connectivity index (χ4n) is 2.17. The maximum absolute atomic E-state index is 12.3. The number of rotatable bonds is 2. The number of nitrogens with zero attached hydrogens (tertiary/aromatic N) is 1. The van der Waals surface area contributed by atoms with E-state index in [4.69, 9.17) is 5.26 Å². The lowest BCUT2D eigenvalue weighted by Gasteiger charge is -2.23. The van der Waals surface area contributed by atoms with Gasteiger partial charge in [-0.05, 0) is 35.2 Å². The van der Waals surface area contributed by atoms with E-state index in [0.29, 0.717) is 11.1 Å². The van der Waals surface area contributed by atoms with Gasteiger partial charge in [0.2, 0.25) is 0 Å². The fourth-order valence-corrected chi connectivity index (χ4v) is 2.17. The first kappa shape index (κ1) is 14.8. The maximum Gasteiger partial charge on any atom is 0.255 e. The van der Waals surface area contributed by atoms with Crippen LogP contribution in [0.25, 0.3) is 0 Å². The topological polar surface area (TPSA) is 52.9 Å². The van der Waals surface area contributed by atoms with Gasteiger partial charge in [-0.15, -0.1) is 0 Å². The predicted molar refractivity (Wildman–Crippen MR) is 84.3 cm³/mol. The van der Waals surface area contributed by atoms with Gasteiger partial charge >= 0.3 is 0 Å². The average molecular weight is 278 g/mol. The van der Waals surface area contributed by atoms with Gasteiger partial charge in [-0.2, -0.15) is 5.26 Å². The van der Waals surface area contributed by atoms with Crippen molar-refractivity contribution in [1.29, 1.82) is 5.26 Å². The second-order valence-corrected chi connectivity index (χ2v) is 5.94. The molecule has 3 nitrogen and oxygen atoms in total. The van der Waals surface area contributed by atoms with Crippen molar-refractivity contribution in [3.05, 3.63) is 65.2 Å². The highest BCUT2D eigenvalue weighted by Gasteiger charge is 2.18.